The summed E-state index contributed by atoms with van der Waals surface area (Å²) >= 11 is 0. The van der Waals surface area contributed by atoms with E-state index in [1.165, 1.54) is 18.4 Å². The molecule has 2 aliphatic rings. The van der Waals surface area contributed by atoms with Crippen molar-refractivity contribution in [2.24, 2.45) is 0 Å². The lowest BCUT2D eigenvalue weighted by molar-refractivity contribution is 0.108. The highest BCUT2D eigenvalue weighted by Crippen LogP contribution is 2.27. The summed E-state index contributed by atoms with van der Waals surface area (Å²) in [5.74, 6) is 0.901. The van der Waals surface area contributed by atoms with Crippen molar-refractivity contribution in [1.82, 2.24) is 15.1 Å². The van der Waals surface area contributed by atoms with Gasteiger partial charge >= 0.3 is 6.03 Å². The number of likely N-dealkylation sites (N-methyl/N-ethyl adjacent to an activating group) is 1. The van der Waals surface area contributed by atoms with Crippen molar-refractivity contribution in [2.45, 2.75) is 44.4 Å². The summed E-state index contributed by atoms with van der Waals surface area (Å²) in [6, 6.07) is 18.4. The van der Waals surface area contributed by atoms with Crippen molar-refractivity contribution in [3.8, 4) is 5.75 Å². The largest absolute Gasteiger partial charge is 0.490 e. The number of amides is 2. The molecule has 1 unspecified atom stereocenters. The number of nitrogens with one attached hydrogen (secondary N) is 1. The Morgan fingerprint density at radius 1 is 1.03 bits per heavy atom. The minimum Gasteiger partial charge on any atom is -0.490 e. The number of rotatable bonds is 5. The number of piperazine rings is 1. The summed E-state index contributed by atoms with van der Waals surface area (Å²) in [4.78, 5) is 17.3. The number of nitrogens with zero attached hydrogens (tertiary/aromatic N) is 2. The van der Waals surface area contributed by atoms with Crippen molar-refractivity contribution >= 4 is 6.03 Å². The summed E-state index contributed by atoms with van der Waals surface area (Å²) in [7, 11) is 2.11. The highest BCUT2D eigenvalue weighted by Gasteiger charge is 2.30. The van der Waals surface area contributed by atoms with E-state index in [1.54, 1.807) is 0 Å². The minimum atomic E-state index is -0.0115. The number of carbonyl (C=O) groups excluding carboxylic acids is 1. The van der Waals surface area contributed by atoms with Crippen molar-refractivity contribution in [2.75, 3.05) is 26.7 Å². The smallest absolute Gasteiger partial charge is 0.318 e. The Balaban J connectivity index is 1.42. The van der Waals surface area contributed by atoms with Crippen molar-refractivity contribution in [3.63, 3.8) is 0 Å². The van der Waals surface area contributed by atoms with E-state index < -0.39 is 0 Å². The lowest BCUT2D eigenvalue weighted by Crippen LogP contribution is -2.52. The lowest BCUT2D eigenvalue weighted by Gasteiger charge is -2.40. The van der Waals surface area contributed by atoms with E-state index in [0.29, 0.717) is 12.6 Å². The van der Waals surface area contributed by atoms with Gasteiger partial charge in [0.2, 0.25) is 0 Å². The summed E-state index contributed by atoms with van der Waals surface area (Å²) in [6.07, 6.45) is 5.05. The molecule has 1 N–H and O–H groups in total. The molecule has 5 heteroatoms. The molecule has 2 aromatic rings. The van der Waals surface area contributed by atoms with Crippen LogP contribution in [0.15, 0.2) is 54.6 Å². The van der Waals surface area contributed by atoms with Crippen LogP contribution in [-0.4, -0.2) is 48.6 Å². The molecule has 0 aromatic heterocycles. The van der Waals surface area contributed by atoms with Gasteiger partial charge in [0, 0.05) is 31.7 Å². The Bertz CT molecular complexity index is 805. The maximum atomic E-state index is 13.1. The molecule has 4 rings (SSSR count). The Kier molecular flexibility index (Phi) is 6.35. The standard InChI is InChI=1S/C24H31N3O2/c1-26-15-16-27(22(18-26)19-9-3-2-4-10-19)24(28)25-17-20-11-5-8-14-23(20)29-21-12-6-7-13-21/h2-5,8-11,14,21-22H,6-7,12-13,15-18H2,1H3,(H,25,28). The Morgan fingerprint density at radius 3 is 2.55 bits per heavy atom. The number of para-hydroxylation sites is 1. The van der Waals surface area contributed by atoms with Gasteiger partial charge in [0.1, 0.15) is 5.75 Å². The lowest BCUT2D eigenvalue weighted by atomic mass is 10.0. The number of hydrogen-bond acceptors (Lipinski definition) is 3. The SMILES string of the molecule is CN1CCN(C(=O)NCc2ccccc2OC2CCCC2)C(c2ccccc2)C1. The van der Waals surface area contributed by atoms with Crippen molar-refractivity contribution in [1.29, 1.82) is 0 Å². The zero-order valence-corrected chi connectivity index (χ0v) is 17.2. The third-order valence-electron chi connectivity index (χ3n) is 6.03. The van der Waals surface area contributed by atoms with Gasteiger partial charge in [-0.05, 0) is 44.4 Å². The predicted molar refractivity (Wildman–Crippen MR) is 115 cm³/mol. The molecule has 1 saturated heterocycles. The highest BCUT2D eigenvalue weighted by atomic mass is 16.5. The van der Waals surface area contributed by atoms with Crippen LogP contribution in [0.2, 0.25) is 0 Å². The number of ether oxygens (including phenoxy) is 1. The predicted octanol–water partition coefficient (Wildman–Crippen LogP) is 4.21. The fourth-order valence-corrected chi connectivity index (χ4v) is 4.35. The molecule has 0 spiro atoms. The first-order valence-electron chi connectivity index (χ1n) is 10.7. The van der Waals surface area contributed by atoms with Crippen LogP contribution >= 0.6 is 0 Å². The highest BCUT2D eigenvalue weighted by molar-refractivity contribution is 5.75. The van der Waals surface area contributed by atoms with Crippen LogP contribution in [0.25, 0.3) is 0 Å². The monoisotopic (exact) mass is 393 g/mol. The average molecular weight is 394 g/mol. The normalized spacial score (nSPS) is 20.6. The van der Waals surface area contributed by atoms with Crippen molar-refractivity contribution < 1.29 is 9.53 Å². The maximum absolute atomic E-state index is 13.1. The van der Waals surface area contributed by atoms with Gasteiger partial charge in [0.25, 0.3) is 0 Å². The third kappa shape index (κ3) is 4.91. The molecule has 1 atom stereocenters. The number of urea groups is 1. The van der Waals surface area contributed by atoms with Crippen LogP contribution in [0.5, 0.6) is 5.75 Å². The van der Waals surface area contributed by atoms with E-state index >= 15 is 0 Å². The van der Waals surface area contributed by atoms with Gasteiger partial charge in [-0.15, -0.1) is 0 Å². The molecule has 29 heavy (non-hydrogen) atoms. The van der Waals surface area contributed by atoms with Crippen LogP contribution in [0.1, 0.15) is 42.9 Å². The van der Waals surface area contributed by atoms with Gasteiger partial charge in [0.15, 0.2) is 0 Å². The fraction of sp³-hybridized carbons (Fsp3) is 0.458. The maximum Gasteiger partial charge on any atom is 0.318 e. The van der Waals surface area contributed by atoms with E-state index in [1.807, 2.05) is 47.4 Å². The van der Waals surface area contributed by atoms with Crippen LogP contribution in [0.3, 0.4) is 0 Å². The molecule has 154 valence electrons. The molecule has 1 saturated carbocycles. The average Bonchev–Trinajstić information content (AvgIpc) is 3.26. The molecule has 1 heterocycles. The first-order valence-corrected chi connectivity index (χ1v) is 10.7. The van der Waals surface area contributed by atoms with Crippen LogP contribution in [-0.2, 0) is 6.54 Å². The first-order chi connectivity index (χ1) is 14.2. The van der Waals surface area contributed by atoms with Crippen LogP contribution in [0.4, 0.5) is 4.79 Å². The Morgan fingerprint density at radius 2 is 1.76 bits per heavy atom. The Labute approximate surface area is 173 Å². The topological polar surface area (TPSA) is 44.8 Å². The molecule has 0 radical (unpaired) electrons. The molecule has 2 fully saturated rings. The van der Waals surface area contributed by atoms with E-state index in [2.05, 4.69) is 29.4 Å². The molecule has 1 aliphatic carbocycles. The van der Waals surface area contributed by atoms with E-state index in [4.69, 9.17) is 4.74 Å². The first kappa shape index (κ1) is 19.8. The van der Waals surface area contributed by atoms with Gasteiger partial charge in [-0.2, -0.15) is 0 Å². The molecular formula is C24H31N3O2. The summed E-state index contributed by atoms with van der Waals surface area (Å²) in [5, 5.41) is 3.14. The van der Waals surface area contributed by atoms with E-state index in [0.717, 1.165) is 43.8 Å². The number of benzene rings is 2. The molecular weight excluding hydrogens is 362 g/mol. The second kappa shape index (κ2) is 9.31. The summed E-state index contributed by atoms with van der Waals surface area (Å²) in [6.45, 7) is 2.94. The van der Waals surface area contributed by atoms with Gasteiger partial charge in [-0.25, -0.2) is 4.79 Å². The van der Waals surface area contributed by atoms with Crippen LogP contribution in [0, 0.1) is 0 Å². The van der Waals surface area contributed by atoms with Gasteiger partial charge in [-0.3, -0.25) is 0 Å². The van der Waals surface area contributed by atoms with Gasteiger partial charge in [0.05, 0.1) is 12.1 Å². The van der Waals surface area contributed by atoms with Gasteiger partial charge < -0.3 is 19.9 Å². The molecule has 1 aliphatic heterocycles. The molecule has 2 amide bonds. The summed E-state index contributed by atoms with van der Waals surface area (Å²) < 4.78 is 6.22. The minimum absolute atomic E-state index is 0.0115. The second-order valence-corrected chi connectivity index (χ2v) is 8.17. The van der Waals surface area contributed by atoms with Crippen molar-refractivity contribution in [3.05, 3.63) is 65.7 Å². The molecule has 2 aromatic carbocycles. The summed E-state index contributed by atoms with van der Waals surface area (Å²) in [5.41, 5.74) is 2.22. The van der Waals surface area contributed by atoms with E-state index in [-0.39, 0.29) is 12.1 Å². The zero-order chi connectivity index (χ0) is 20.1. The quantitative estimate of drug-likeness (QED) is 0.828. The second-order valence-electron chi connectivity index (χ2n) is 8.17. The number of hydrogen-bond donors (Lipinski definition) is 1. The van der Waals surface area contributed by atoms with E-state index in [9.17, 15) is 4.79 Å². The number of carbonyl (C=O) groups is 1. The fourth-order valence-electron chi connectivity index (χ4n) is 4.35. The van der Waals surface area contributed by atoms with Crippen LogP contribution < -0.4 is 10.1 Å². The zero-order valence-electron chi connectivity index (χ0n) is 17.2. The molecule has 0 bridgehead atoms. The third-order valence-corrected chi connectivity index (χ3v) is 6.03. The Hall–Kier alpha value is -2.53. The molecule has 5 nitrogen and oxygen atoms in total. The van der Waals surface area contributed by atoms with Gasteiger partial charge in [-0.1, -0.05) is 48.5 Å².